The maximum atomic E-state index is 5.57. The van der Waals surface area contributed by atoms with Crippen molar-refractivity contribution >= 4 is 17.5 Å². The van der Waals surface area contributed by atoms with Crippen LogP contribution >= 0.6 is 11.6 Å². The van der Waals surface area contributed by atoms with E-state index in [2.05, 4.69) is 20.3 Å². The van der Waals surface area contributed by atoms with Crippen LogP contribution in [-0.2, 0) is 0 Å². The maximum absolute atomic E-state index is 5.57. The molecule has 0 atom stereocenters. The molecule has 12 heavy (non-hydrogen) atoms. The lowest BCUT2D eigenvalue weighted by Gasteiger charge is -2.19. The van der Waals surface area contributed by atoms with Crippen molar-refractivity contribution in [3.63, 3.8) is 0 Å². The fraction of sp³-hybridized carbons (Fsp3) is 0.571. The lowest BCUT2D eigenvalue weighted by atomic mass is 10.1. The van der Waals surface area contributed by atoms with Crippen LogP contribution in [0.15, 0.2) is 6.33 Å². The van der Waals surface area contributed by atoms with Gasteiger partial charge in [0.25, 0.3) is 0 Å². The van der Waals surface area contributed by atoms with Crippen molar-refractivity contribution in [3.05, 3.63) is 11.6 Å². The lowest BCUT2D eigenvalue weighted by Crippen LogP contribution is -2.27. The zero-order valence-corrected chi connectivity index (χ0v) is 8.05. The Hall–Kier alpha value is -0.900. The number of hydrogen-bond acceptors (Lipinski definition) is 4. The Kier molecular flexibility index (Phi) is 2.47. The van der Waals surface area contributed by atoms with Gasteiger partial charge < -0.3 is 5.32 Å². The molecule has 1 rings (SSSR count). The summed E-state index contributed by atoms with van der Waals surface area (Å²) in [6.45, 7) is 6.06. The van der Waals surface area contributed by atoms with Crippen LogP contribution in [0.1, 0.15) is 20.8 Å². The topological polar surface area (TPSA) is 50.7 Å². The molecule has 1 heterocycles. The van der Waals surface area contributed by atoms with Crippen LogP contribution in [0.2, 0.25) is 5.28 Å². The molecule has 1 aromatic rings. The summed E-state index contributed by atoms with van der Waals surface area (Å²) in [4.78, 5) is 11.5. The molecule has 1 aromatic heterocycles. The standard InChI is InChI=1S/C7H11ClN4/c1-7(2,3)12-6-10-4-9-5(8)11-6/h4H,1-3H3,(H,9,10,11,12). The predicted molar refractivity (Wildman–Crippen MR) is 48.2 cm³/mol. The van der Waals surface area contributed by atoms with Crippen LogP contribution < -0.4 is 5.32 Å². The molecule has 4 nitrogen and oxygen atoms in total. The average Bonchev–Trinajstić information content (AvgIpc) is 1.82. The summed E-state index contributed by atoms with van der Waals surface area (Å²) in [6, 6.07) is 0. The molecule has 0 saturated heterocycles. The normalized spacial score (nSPS) is 11.3. The first-order valence-electron chi connectivity index (χ1n) is 3.60. The van der Waals surface area contributed by atoms with Gasteiger partial charge in [-0.1, -0.05) is 0 Å². The number of halogens is 1. The second-order valence-electron chi connectivity index (χ2n) is 3.45. The highest BCUT2D eigenvalue weighted by Crippen LogP contribution is 2.09. The minimum absolute atomic E-state index is 0.0648. The third-order valence-corrected chi connectivity index (χ3v) is 1.21. The Bertz CT molecular complexity index is 268. The third-order valence-electron chi connectivity index (χ3n) is 1.03. The quantitative estimate of drug-likeness (QED) is 0.726. The molecule has 0 saturated carbocycles. The van der Waals surface area contributed by atoms with Gasteiger partial charge in [0.2, 0.25) is 11.2 Å². The van der Waals surface area contributed by atoms with Gasteiger partial charge in [0, 0.05) is 5.54 Å². The summed E-state index contributed by atoms with van der Waals surface area (Å²) < 4.78 is 0. The Morgan fingerprint density at radius 1 is 1.33 bits per heavy atom. The second kappa shape index (κ2) is 3.23. The van der Waals surface area contributed by atoms with E-state index in [9.17, 15) is 0 Å². The van der Waals surface area contributed by atoms with Gasteiger partial charge in [-0.2, -0.15) is 4.98 Å². The highest BCUT2D eigenvalue weighted by atomic mass is 35.5. The van der Waals surface area contributed by atoms with E-state index in [0.717, 1.165) is 0 Å². The van der Waals surface area contributed by atoms with Crippen LogP contribution in [0.3, 0.4) is 0 Å². The molecular weight excluding hydrogens is 176 g/mol. The molecule has 0 aliphatic rings. The Morgan fingerprint density at radius 3 is 2.50 bits per heavy atom. The van der Waals surface area contributed by atoms with Crippen LogP contribution in [-0.4, -0.2) is 20.5 Å². The van der Waals surface area contributed by atoms with Gasteiger partial charge in [-0.25, -0.2) is 9.97 Å². The predicted octanol–water partition coefficient (Wildman–Crippen LogP) is 1.74. The molecule has 0 aliphatic carbocycles. The SMILES string of the molecule is CC(C)(C)Nc1ncnc(Cl)n1. The van der Waals surface area contributed by atoms with E-state index >= 15 is 0 Å². The summed E-state index contributed by atoms with van der Waals surface area (Å²) in [5.41, 5.74) is -0.0648. The highest BCUT2D eigenvalue weighted by Gasteiger charge is 2.10. The van der Waals surface area contributed by atoms with Crippen LogP contribution in [0.5, 0.6) is 0 Å². The first-order chi connectivity index (χ1) is 5.47. The number of aromatic nitrogens is 3. The van der Waals surface area contributed by atoms with Gasteiger partial charge >= 0.3 is 0 Å². The van der Waals surface area contributed by atoms with Crippen molar-refractivity contribution in [3.8, 4) is 0 Å². The Morgan fingerprint density at radius 2 is 2.00 bits per heavy atom. The van der Waals surface area contributed by atoms with E-state index in [1.165, 1.54) is 6.33 Å². The van der Waals surface area contributed by atoms with E-state index in [-0.39, 0.29) is 10.8 Å². The fourth-order valence-corrected chi connectivity index (χ4v) is 0.796. The van der Waals surface area contributed by atoms with Gasteiger partial charge in [0.05, 0.1) is 0 Å². The van der Waals surface area contributed by atoms with Crippen LogP contribution in [0, 0.1) is 0 Å². The Labute approximate surface area is 76.4 Å². The second-order valence-corrected chi connectivity index (χ2v) is 3.79. The van der Waals surface area contributed by atoms with Crippen molar-refractivity contribution in [2.24, 2.45) is 0 Å². The van der Waals surface area contributed by atoms with E-state index in [1.54, 1.807) is 0 Å². The van der Waals surface area contributed by atoms with E-state index < -0.39 is 0 Å². The highest BCUT2D eigenvalue weighted by molar-refractivity contribution is 6.28. The number of nitrogens with one attached hydrogen (secondary N) is 1. The zero-order chi connectivity index (χ0) is 9.19. The molecule has 0 bridgehead atoms. The van der Waals surface area contributed by atoms with Crippen molar-refractivity contribution in [1.82, 2.24) is 15.0 Å². The molecule has 0 unspecified atom stereocenters. The first kappa shape index (κ1) is 9.19. The number of rotatable bonds is 1. The largest absolute Gasteiger partial charge is 0.349 e. The summed E-state index contributed by atoms with van der Waals surface area (Å²) in [5.74, 6) is 0.502. The minimum atomic E-state index is -0.0648. The van der Waals surface area contributed by atoms with Crippen molar-refractivity contribution in [2.75, 3.05) is 5.32 Å². The summed E-state index contributed by atoms with van der Waals surface area (Å²) >= 11 is 5.57. The number of nitrogens with zero attached hydrogens (tertiary/aromatic N) is 3. The van der Waals surface area contributed by atoms with E-state index in [4.69, 9.17) is 11.6 Å². The summed E-state index contributed by atoms with van der Waals surface area (Å²) in [7, 11) is 0. The lowest BCUT2D eigenvalue weighted by molar-refractivity contribution is 0.625. The molecule has 0 radical (unpaired) electrons. The van der Waals surface area contributed by atoms with Gasteiger partial charge in [-0.05, 0) is 32.4 Å². The number of hydrogen-bond donors (Lipinski definition) is 1. The van der Waals surface area contributed by atoms with E-state index in [1.807, 2.05) is 20.8 Å². The van der Waals surface area contributed by atoms with Gasteiger partial charge in [0.1, 0.15) is 6.33 Å². The van der Waals surface area contributed by atoms with Crippen molar-refractivity contribution in [1.29, 1.82) is 0 Å². The molecule has 1 N–H and O–H groups in total. The minimum Gasteiger partial charge on any atom is -0.349 e. The van der Waals surface area contributed by atoms with Gasteiger partial charge in [-0.3, -0.25) is 0 Å². The summed E-state index contributed by atoms with van der Waals surface area (Å²) in [6.07, 6.45) is 1.38. The van der Waals surface area contributed by atoms with Crippen molar-refractivity contribution in [2.45, 2.75) is 26.3 Å². The smallest absolute Gasteiger partial charge is 0.227 e. The molecular formula is C7H11ClN4. The van der Waals surface area contributed by atoms with Crippen LogP contribution in [0.4, 0.5) is 5.95 Å². The molecule has 0 aliphatic heterocycles. The molecule has 0 fully saturated rings. The van der Waals surface area contributed by atoms with Gasteiger partial charge in [-0.15, -0.1) is 0 Å². The average molecular weight is 187 g/mol. The Balaban J connectivity index is 2.77. The molecule has 66 valence electrons. The third kappa shape index (κ3) is 3.00. The zero-order valence-electron chi connectivity index (χ0n) is 7.30. The van der Waals surface area contributed by atoms with Crippen molar-refractivity contribution < 1.29 is 0 Å². The van der Waals surface area contributed by atoms with Crippen LogP contribution in [0.25, 0.3) is 0 Å². The molecule has 0 spiro atoms. The molecule has 0 aromatic carbocycles. The molecule has 5 heteroatoms. The van der Waals surface area contributed by atoms with E-state index in [0.29, 0.717) is 5.95 Å². The van der Waals surface area contributed by atoms with Gasteiger partial charge in [0.15, 0.2) is 0 Å². The maximum Gasteiger partial charge on any atom is 0.227 e. The monoisotopic (exact) mass is 186 g/mol. The first-order valence-corrected chi connectivity index (χ1v) is 3.98. The molecule has 0 amide bonds. The number of anilines is 1. The summed E-state index contributed by atoms with van der Waals surface area (Å²) in [5, 5.41) is 3.28. The fourth-order valence-electron chi connectivity index (χ4n) is 0.672.